The monoisotopic (exact) mass is 412 g/mol. The first-order chi connectivity index (χ1) is 14.3. The van der Waals surface area contributed by atoms with E-state index in [1.165, 1.54) is 93.7 Å². The molecule has 0 radical (unpaired) electrons. The lowest BCUT2D eigenvalue weighted by atomic mass is 9.85. The first-order valence-electron chi connectivity index (χ1n) is 12.0. The van der Waals surface area contributed by atoms with E-state index in [2.05, 4.69) is 21.7 Å². The van der Waals surface area contributed by atoms with Gasteiger partial charge in [0.15, 0.2) is 0 Å². The van der Waals surface area contributed by atoms with Crippen molar-refractivity contribution in [3.8, 4) is 0 Å². The Hall–Kier alpha value is -1.42. The zero-order valence-electron chi connectivity index (χ0n) is 17.8. The summed E-state index contributed by atoms with van der Waals surface area (Å²) in [6, 6.07) is 2.12. The van der Waals surface area contributed by atoms with Crippen molar-refractivity contribution in [2.45, 2.75) is 102 Å². The van der Waals surface area contributed by atoms with Gasteiger partial charge in [-0.2, -0.15) is 0 Å². The summed E-state index contributed by atoms with van der Waals surface area (Å²) in [5.41, 5.74) is 3.46. The molecule has 0 unspecified atom stereocenters. The van der Waals surface area contributed by atoms with Gasteiger partial charge in [0.2, 0.25) is 5.91 Å². The number of aromatic nitrogens is 1. The minimum absolute atomic E-state index is 0.164. The summed E-state index contributed by atoms with van der Waals surface area (Å²) in [5.74, 6) is 0.948. The predicted octanol–water partition coefficient (Wildman–Crippen LogP) is 7.81. The van der Waals surface area contributed by atoms with Crippen molar-refractivity contribution in [1.82, 2.24) is 4.98 Å². The van der Waals surface area contributed by atoms with Gasteiger partial charge < -0.3 is 5.32 Å². The minimum atomic E-state index is 0.164. The normalized spacial score (nSPS) is 21.0. The number of pyridine rings is 1. The summed E-state index contributed by atoms with van der Waals surface area (Å²) >= 11 is 1.79. The highest BCUT2D eigenvalue weighted by Gasteiger charge is 2.24. The first kappa shape index (κ1) is 20.8. The smallest absolute Gasteiger partial charge is 0.227 e. The molecule has 0 bridgehead atoms. The van der Waals surface area contributed by atoms with Gasteiger partial charge in [-0.05, 0) is 48.6 Å². The number of nitrogens with one attached hydrogen (secondary N) is 1. The average Bonchev–Trinajstić information content (AvgIpc) is 3.21. The molecule has 0 aromatic carbocycles. The van der Waals surface area contributed by atoms with Crippen LogP contribution < -0.4 is 5.32 Å². The van der Waals surface area contributed by atoms with E-state index in [1.807, 2.05) is 6.20 Å². The standard InChI is InChI=1S/C25H36N2OS/c28-25(20-14-10-4-1-2-5-11-15-20)27-22-18-26-21-16-17-29-24(21)23(22)19-12-8-6-3-7-9-13-19/h16-20H,1-15H2,(H,27,28). The van der Waals surface area contributed by atoms with Gasteiger partial charge in [-0.15, -0.1) is 11.3 Å². The SMILES string of the molecule is O=C(Nc1cnc2ccsc2c1C1CCCCCCC1)C1CCCCCCCC1. The van der Waals surface area contributed by atoms with Crippen molar-refractivity contribution in [2.75, 3.05) is 5.32 Å². The number of rotatable bonds is 3. The van der Waals surface area contributed by atoms with Crippen LogP contribution in [0.15, 0.2) is 17.6 Å². The van der Waals surface area contributed by atoms with E-state index in [0.29, 0.717) is 5.92 Å². The Labute approximate surface area is 179 Å². The van der Waals surface area contributed by atoms with Crippen LogP contribution in [0.2, 0.25) is 0 Å². The molecule has 4 rings (SSSR count). The molecule has 2 heterocycles. The molecular formula is C25H36N2OS. The van der Waals surface area contributed by atoms with Crippen LogP contribution in [-0.4, -0.2) is 10.9 Å². The second-order valence-corrected chi connectivity index (χ2v) is 10.1. The van der Waals surface area contributed by atoms with Crippen LogP contribution in [0.4, 0.5) is 5.69 Å². The van der Waals surface area contributed by atoms with Crippen LogP contribution >= 0.6 is 11.3 Å². The average molecular weight is 413 g/mol. The van der Waals surface area contributed by atoms with Crippen molar-refractivity contribution in [1.29, 1.82) is 0 Å². The predicted molar refractivity (Wildman–Crippen MR) is 124 cm³/mol. The third-order valence-electron chi connectivity index (χ3n) is 7.01. The maximum Gasteiger partial charge on any atom is 0.227 e. The molecule has 2 saturated carbocycles. The van der Waals surface area contributed by atoms with Gasteiger partial charge in [-0.25, -0.2) is 0 Å². The van der Waals surface area contributed by atoms with E-state index in [4.69, 9.17) is 0 Å². The highest BCUT2D eigenvalue weighted by atomic mass is 32.1. The van der Waals surface area contributed by atoms with E-state index in [1.54, 1.807) is 11.3 Å². The highest BCUT2D eigenvalue weighted by Crippen LogP contribution is 2.41. The fraction of sp³-hybridized carbons (Fsp3) is 0.680. The fourth-order valence-electron chi connectivity index (χ4n) is 5.31. The van der Waals surface area contributed by atoms with Crippen molar-refractivity contribution in [2.24, 2.45) is 5.92 Å². The Kier molecular flexibility index (Phi) is 7.59. The molecule has 0 atom stereocenters. The first-order valence-corrected chi connectivity index (χ1v) is 12.9. The summed E-state index contributed by atoms with van der Waals surface area (Å²) in [5, 5.41) is 5.52. The van der Waals surface area contributed by atoms with E-state index in [0.717, 1.165) is 24.0 Å². The van der Waals surface area contributed by atoms with Gasteiger partial charge in [0, 0.05) is 5.92 Å². The van der Waals surface area contributed by atoms with Crippen LogP contribution in [0.1, 0.15) is 108 Å². The molecule has 1 N–H and O–H groups in total. The number of thiophene rings is 1. The Morgan fingerprint density at radius 3 is 2.10 bits per heavy atom. The van der Waals surface area contributed by atoms with Crippen LogP contribution in [0.5, 0.6) is 0 Å². The molecule has 2 aromatic rings. The molecule has 2 aliphatic carbocycles. The third kappa shape index (κ3) is 5.39. The molecule has 0 saturated heterocycles. The van der Waals surface area contributed by atoms with Crippen LogP contribution in [0.3, 0.4) is 0 Å². The molecule has 158 valence electrons. The number of fused-ring (bicyclic) bond motifs is 1. The maximum absolute atomic E-state index is 13.2. The van der Waals surface area contributed by atoms with E-state index in [-0.39, 0.29) is 11.8 Å². The van der Waals surface area contributed by atoms with Crippen molar-refractivity contribution in [3.05, 3.63) is 23.2 Å². The van der Waals surface area contributed by atoms with Gasteiger partial charge in [0.05, 0.1) is 22.1 Å². The number of nitrogens with zero attached hydrogens (tertiary/aromatic N) is 1. The van der Waals surface area contributed by atoms with Crippen LogP contribution in [0, 0.1) is 5.92 Å². The van der Waals surface area contributed by atoms with E-state index < -0.39 is 0 Å². The van der Waals surface area contributed by atoms with Gasteiger partial charge in [0.1, 0.15) is 0 Å². The quantitative estimate of drug-likeness (QED) is 0.558. The van der Waals surface area contributed by atoms with Gasteiger partial charge >= 0.3 is 0 Å². The molecule has 2 fully saturated rings. The molecule has 0 aliphatic heterocycles. The lowest BCUT2D eigenvalue weighted by molar-refractivity contribution is -0.120. The lowest BCUT2D eigenvalue weighted by Crippen LogP contribution is -2.24. The number of hydrogen-bond donors (Lipinski definition) is 1. The van der Waals surface area contributed by atoms with Crippen molar-refractivity contribution in [3.63, 3.8) is 0 Å². The molecule has 4 heteroatoms. The topological polar surface area (TPSA) is 42.0 Å². The molecule has 2 aliphatic rings. The summed E-state index contributed by atoms with van der Waals surface area (Å²) in [4.78, 5) is 17.9. The summed E-state index contributed by atoms with van der Waals surface area (Å²) in [6.45, 7) is 0. The molecular weight excluding hydrogens is 376 g/mol. The number of hydrogen-bond acceptors (Lipinski definition) is 3. The molecule has 2 aromatic heterocycles. The fourth-order valence-corrected chi connectivity index (χ4v) is 6.29. The largest absolute Gasteiger partial charge is 0.324 e. The van der Waals surface area contributed by atoms with Gasteiger partial charge in [0.25, 0.3) is 0 Å². The van der Waals surface area contributed by atoms with Crippen LogP contribution in [0.25, 0.3) is 10.2 Å². The van der Waals surface area contributed by atoms with Crippen molar-refractivity contribution >= 4 is 33.1 Å². The zero-order valence-corrected chi connectivity index (χ0v) is 18.6. The summed E-state index contributed by atoms with van der Waals surface area (Å²) < 4.78 is 1.29. The molecule has 3 nitrogen and oxygen atoms in total. The minimum Gasteiger partial charge on any atom is -0.324 e. The Bertz CT molecular complexity index is 781. The lowest BCUT2D eigenvalue weighted by Gasteiger charge is -2.24. The highest BCUT2D eigenvalue weighted by molar-refractivity contribution is 7.17. The second-order valence-electron chi connectivity index (χ2n) is 9.15. The number of amides is 1. The Morgan fingerprint density at radius 1 is 0.862 bits per heavy atom. The Morgan fingerprint density at radius 2 is 1.45 bits per heavy atom. The number of carbonyl (C=O) groups excluding carboxylic acids is 1. The molecule has 0 spiro atoms. The molecule has 1 amide bonds. The number of anilines is 1. The van der Waals surface area contributed by atoms with E-state index in [9.17, 15) is 4.79 Å². The second kappa shape index (κ2) is 10.6. The van der Waals surface area contributed by atoms with Crippen molar-refractivity contribution < 1.29 is 4.79 Å². The van der Waals surface area contributed by atoms with Gasteiger partial charge in [-0.3, -0.25) is 9.78 Å². The van der Waals surface area contributed by atoms with Crippen LogP contribution in [-0.2, 0) is 4.79 Å². The summed E-state index contributed by atoms with van der Waals surface area (Å²) in [7, 11) is 0. The van der Waals surface area contributed by atoms with Gasteiger partial charge in [-0.1, -0.05) is 70.6 Å². The third-order valence-corrected chi connectivity index (χ3v) is 7.95. The molecule has 29 heavy (non-hydrogen) atoms. The number of carbonyl (C=O) groups is 1. The maximum atomic E-state index is 13.2. The summed E-state index contributed by atoms with van der Waals surface area (Å²) in [6.07, 6.45) is 20.8. The Balaban J connectivity index is 1.58. The zero-order chi connectivity index (χ0) is 19.9. The van der Waals surface area contributed by atoms with E-state index >= 15 is 0 Å².